The third kappa shape index (κ3) is 5.23. The van der Waals surface area contributed by atoms with Gasteiger partial charge in [-0.2, -0.15) is 0 Å². The van der Waals surface area contributed by atoms with E-state index < -0.39 is 5.97 Å². The van der Waals surface area contributed by atoms with E-state index in [4.69, 9.17) is 5.11 Å². The molecule has 0 aromatic carbocycles. The normalized spacial score (nSPS) is 10.2. The molecule has 0 aliphatic carbocycles. The number of rotatable bonds is 7. The Labute approximate surface area is 108 Å². The molecule has 1 amide bonds. The summed E-state index contributed by atoms with van der Waals surface area (Å²) >= 11 is 2.74. The van der Waals surface area contributed by atoms with E-state index in [1.54, 1.807) is 11.3 Å². The van der Waals surface area contributed by atoms with Crippen LogP contribution in [-0.4, -0.2) is 28.5 Å². The molecule has 1 aromatic rings. The second kappa shape index (κ2) is 7.34. The number of thiophene rings is 1. The highest BCUT2D eigenvalue weighted by Gasteiger charge is 2.06. The number of amides is 1. The minimum atomic E-state index is -0.894. The molecule has 0 spiro atoms. The monoisotopic (exact) mass is 273 g/mol. The van der Waals surface area contributed by atoms with Crippen LogP contribution in [-0.2, 0) is 22.6 Å². The van der Waals surface area contributed by atoms with Crippen LogP contribution in [0.1, 0.15) is 17.4 Å². The lowest BCUT2D eigenvalue weighted by Crippen LogP contribution is -2.25. The molecule has 4 nitrogen and oxygen atoms in total. The summed E-state index contributed by atoms with van der Waals surface area (Å²) in [6, 6.07) is 2.06. The number of aryl methyl sites for hydroxylation is 1. The average Bonchev–Trinajstić information content (AvgIpc) is 2.73. The highest BCUT2D eigenvalue weighted by Crippen LogP contribution is 2.16. The van der Waals surface area contributed by atoms with Crippen molar-refractivity contribution in [2.75, 3.05) is 11.5 Å². The summed E-state index contributed by atoms with van der Waals surface area (Å²) in [4.78, 5) is 22.8. The molecule has 1 rings (SSSR count). The Morgan fingerprint density at radius 2 is 2.24 bits per heavy atom. The Balaban J connectivity index is 2.26. The van der Waals surface area contributed by atoms with Gasteiger partial charge < -0.3 is 10.4 Å². The van der Waals surface area contributed by atoms with Crippen LogP contribution < -0.4 is 5.32 Å². The lowest BCUT2D eigenvalue weighted by Gasteiger charge is -2.04. The van der Waals surface area contributed by atoms with Crippen LogP contribution in [0.5, 0.6) is 0 Å². The molecule has 1 heterocycles. The molecule has 0 atom stereocenters. The number of hydrogen-bond acceptors (Lipinski definition) is 4. The number of carboxylic acid groups (broad SMARTS) is 1. The molecular formula is C11H15NO3S2. The molecule has 0 unspecified atom stereocenters. The van der Waals surface area contributed by atoms with Gasteiger partial charge >= 0.3 is 5.97 Å². The van der Waals surface area contributed by atoms with Crippen LogP contribution in [0.15, 0.2) is 11.4 Å². The molecule has 0 radical (unpaired) electrons. The minimum absolute atomic E-state index is 0.0351. The molecule has 0 bridgehead atoms. The van der Waals surface area contributed by atoms with E-state index >= 15 is 0 Å². The van der Waals surface area contributed by atoms with Gasteiger partial charge in [0.15, 0.2) is 0 Å². The molecule has 0 aliphatic heterocycles. The number of carboxylic acids is 1. The van der Waals surface area contributed by atoms with Crippen LogP contribution in [0, 0.1) is 0 Å². The molecule has 94 valence electrons. The van der Waals surface area contributed by atoms with E-state index in [0.717, 1.165) is 18.2 Å². The van der Waals surface area contributed by atoms with Crippen molar-refractivity contribution in [2.24, 2.45) is 0 Å². The first-order chi connectivity index (χ1) is 8.13. The van der Waals surface area contributed by atoms with Gasteiger partial charge in [-0.15, -0.1) is 23.1 Å². The van der Waals surface area contributed by atoms with Gasteiger partial charge in [-0.25, -0.2) is 0 Å². The SMILES string of the molecule is CCc1ccsc1CNC(=O)CSCC(=O)O. The zero-order chi connectivity index (χ0) is 12.7. The largest absolute Gasteiger partial charge is 0.481 e. The fraction of sp³-hybridized carbons (Fsp3) is 0.455. The van der Waals surface area contributed by atoms with Gasteiger partial charge in [0.1, 0.15) is 0 Å². The summed E-state index contributed by atoms with van der Waals surface area (Å²) in [5, 5.41) is 13.2. The zero-order valence-electron chi connectivity index (χ0n) is 9.56. The highest BCUT2D eigenvalue weighted by atomic mass is 32.2. The first-order valence-corrected chi connectivity index (χ1v) is 7.28. The standard InChI is InChI=1S/C11H15NO3S2/c1-2-8-3-4-17-9(8)5-12-10(13)6-16-7-11(14)15/h3-4H,2,5-7H2,1H3,(H,12,13)(H,14,15). The highest BCUT2D eigenvalue weighted by molar-refractivity contribution is 8.00. The Morgan fingerprint density at radius 1 is 1.47 bits per heavy atom. The molecule has 17 heavy (non-hydrogen) atoms. The Hall–Kier alpha value is -1.01. The molecule has 0 aliphatic rings. The number of thioether (sulfide) groups is 1. The lowest BCUT2D eigenvalue weighted by atomic mass is 10.2. The van der Waals surface area contributed by atoms with E-state index in [0.29, 0.717) is 6.54 Å². The molecule has 6 heteroatoms. The topological polar surface area (TPSA) is 66.4 Å². The van der Waals surface area contributed by atoms with E-state index in [1.807, 2.05) is 5.38 Å². The maximum absolute atomic E-state index is 11.4. The number of carbonyl (C=O) groups excluding carboxylic acids is 1. The van der Waals surface area contributed by atoms with Gasteiger partial charge in [-0.1, -0.05) is 6.92 Å². The van der Waals surface area contributed by atoms with Crippen molar-refractivity contribution < 1.29 is 14.7 Å². The summed E-state index contributed by atoms with van der Waals surface area (Å²) in [5.74, 6) is -0.854. The number of hydrogen-bond donors (Lipinski definition) is 2. The fourth-order valence-corrected chi connectivity index (χ4v) is 2.78. The summed E-state index contributed by atoms with van der Waals surface area (Å²) in [5.41, 5.74) is 1.26. The van der Waals surface area contributed by atoms with Crippen molar-refractivity contribution in [1.82, 2.24) is 5.32 Å². The van der Waals surface area contributed by atoms with E-state index in [-0.39, 0.29) is 17.4 Å². The molecule has 0 saturated heterocycles. The summed E-state index contributed by atoms with van der Waals surface area (Å²) in [6.45, 7) is 2.61. The summed E-state index contributed by atoms with van der Waals surface area (Å²) < 4.78 is 0. The van der Waals surface area contributed by atoms with E-state index in [9.17, 15) is 9.59 Å². The molecule has 1 aromatic heterocycles. The van der Waals surface area contributed by atoms with Crippen molar-refractivity contribution in [2.45, 2.75) is 19.9 Å². The molecule has 2 N–H and O–H groups in total. The molecule has 0 fully saturated rings. The zero-order valence-corrected chi connectivity index (χ0v) is 11.2. The first-order valence-electron chi connectivity index (χ1n) is 5.25. The maximum Gasteiger partial charge on any atom is 0.313 e. The van der Waals surface area contributed by atoms with Crippen LogP contribution in [0.2, 0.25) is 0 Å². The predicted octanol–water partition coefficient (Wildman–Crippen LogP) is 1.74. The number of carbonyl (C=O) groups is 2. The Bertz CT molecular complexity index is 390. The van der Waals surface area contributed by atoms with Gasteiger partial charge in [-0.3, -0.25) is 9.59 Å². The van der Waals surface area contributed by atoms with Crippen molar-refractivity contribution in [3.05, 3.63) is 21.9 Å². The van der Waals surface area contributed by atoms with Gasteiger partial charge in [0.05, 0.1) is 18.1 Å². The fourth-order valence-electron chi connectivity index (χ4n) is 1.30. The van der Waals surface area contributed by atoms with Gasteiger partial charge in [-0.05, 0) is 23.4 Å². The Morgan fingerprint density at radius 3 is 2.88 bits per heavy atom. The number of nitrogens with one attached hydrogen (secondary N) is 1. The van der Waals surface area contributed by atoms with Crippen molar-refractivity contribution in [3.63, 3.8) is 0 Å². The maximum atomic E-state index is 11.4. The summed E-state index contributed by atoms with van der Waals surface area (Å²) in [6.07, 6.45) is 0.961. The predicted molar refractivity (Wildman–Crippen MR) is 70.5 cm³/mol. The van der Waals surface area contributed by atoms with Gasteiger partial charge in [0, 0.05) is 4.88 Å². The van der Waals surface area contributed by atoms with Crippen LogP contribution in [0.4, 0.5) is 0 Å². The lowest BCUT2D eigenvalue weighted by molar-refractivity contribution is -0.133. The van der Waals surface area contributed by atoms with Crippen LogP contribution in [0.25, 0.3) is 0 Å². The Kier molecular flexibility index (Phi) is 6.07. The molecule has 0 saturated carbocycles. The quantitative estimate of drug-likeness (QED) is 0.794. The van der Waals surface area contributed by atoms with Gasteiger partial charge in [0.25, 0.3) is 0 Å². The minimum Gasteiger partial charge on any atom is -0.481 e. The van der Waals surface area contributed by atoms with Crippen molar-refractivity contribution in [1.29, 1.82) is 0 Å². The molecular weight excluding hydrogens is 258 g/mol. The van der Waals surface area contributed by atoms with E-state index in [1.165, 1.54) is 10.4 Å². The second-order valence-electron chi connectivity index (χ2n) is 3.39. The third-order valence-corrected chi connectivity index (χ3v) is 4.00. The van der Waals surface area contributed by atoms with Crippen molar-refractivity contribution in [3.8, 4) is 0 Å². The van der Waals surface area contributed by atoms with E-state index in [2.05, 4.69) is 18.3 Å². The van der Waals surface area contributed by atoms with Crippen LogP contribution in [0.3, 0.4) is 0 Å². The third-order valence-electron chi connectivity index (χ3n) is 2.12. The van der Waals surface area contributed by atoms with Crippen molar-refractivity contribution >= 4 is 35.0 Å². The van der Waals surface area contributed by atoms with Gasteiger partial charge in [0.2, 0.25) is 5.91 Å². The van der Waals surface area contributed by atoms with Crippen LogP contribution >= 0.6 is 23.1 Å². The smallest absolute Gasteiger partial charge is 0.313 e. The second-order valence-corrected chi connectivity index (χ2v) is 5.37. The number of aliphatic carboxylic acids is 1. The average molecular weight is 273 g/mol. The summed E-state index contributed by atoms with van der Waals surface area (Å²) in [7, 11) is 0. The first kappa shape index (κ1) is 14.1.